The van der Waals surface area contributed by atoms with Crippen LogP contribution in [0.4, 0.5) is 5.69 Å². The molecule has 0 atom stereocenters. The van der Waals surface area contributed by atoms with Crippen LogP contribution in [0.5, 0.6) is 0 Å². The fourth-order valence-electron chi connectivity index (χ4n) is 3.11. The first kappa shape index (κ1) is 16.3. The number of aryl methyl sites for hydroxylation is 3. The van der Waals surface area contributed by atoms with Gasteiger partial charge in [-0.15, -0.1) is 0 Å². The van der Waals surface area contributed by atoms with Crippen molar-refractivity contribution in [2.45, 2.75) is 40.2 Å². The van der Waals surface area contributed by atoms with E-state index >= 15 is 0 Å². The summed E-state index contributed by atoms with van der Waals surface area (Å²) in [5.74, 6) is 0. The smallest absolute Gasteiger partial charge is 0.0497 e. The van der Waals surface area contributed by atoms with Crippen LogP contribution in [0.3, 0.4) is 0 Å². The van der Waals surface area contributed by atoms with Crippen molar-refractivity contribution in [3.8, 4) is 0 Å². The molecule has 1 aromatic carbocycles. The number of pyridine rings is 1. The third-order valence-electron chi connectivity index (χ3n) is 4.41. The van der Waals surface area contributed by atoms with E-state index in [0.29, 0.717) is 0 Å². The molecule has 0 spiro atoms. The van der Waals surface area contributed by atoms with E-state index in [9.17, 15) is 0 Å². The predicted molar refractivity (Wildman–Crippen MR) is 102 cm³/mol. The first-order valence-corrected chi connectivity index (χ1v) is 9.11. The van der Waals surface area contributed by atoms with Crippen LogP contribution in [0.1, 0.15) is 41.9 Å². The van der Waals surface area contributed by atoms with Crippen molar-refractivity contribution in [3.63, 3.8) is 0 Å². The summed E-state index contributed by atoms with van der Waals surface area (Å²) in [5.41, 5.74) is 7.66. The largest absolute Gasteiger partial charge is 0.363 e. The lowest BCUT2D eigenvalue weighted by molar-refractivity contribution is 0.842. The van der Waals surface area contributed by atoms with Crippen LogP contribution in [-0.4, -0.2) is 11.5 Å². The zero-order valence-corrected chi connectivity index (χ0v) is 15.7. The van der Waals surface area contributed by atoms with Gasteiger partial charge in [-0.25, -0.2) is 0 Å². The van der Waals surface area contributed by atoms with Gasteiger partial charge in [0.15, 0.2) is 0 Å². The Morgan fingerprint density at radius 2 is 2.00 bits per heavy atom. The molecule has 0 saturated heterocycles. The molecule has 2 nitrogen and oxygen atoms in total. The number of hydrogen-bond acceptors (Lipinski definition) is 2. The molecule has 0 amide bonds. The maximum Gasteiger partial charge on any atom is 0.0497 e. The highest BCUT2D eigenvalue weighted by molar-refractivity contribution is 9.10. The molecule has 1 aliphatic heterocycles. The first-order valence-electron chi connectivity index (χ1n) is 8.31. The number of nitrogens with zero attached hydrogens (tertiary/aromatic N) is 2. The zero-order valence-electron chi connectivity index (χ0n) is 14.1. The van der Waals surface area contributed by atoms with Gasteiger partial charge in [0.2, 0.25) is 0 Å². The minimum absolute atomic E-state index is 0.932. The minimum Gasteiger partial charge on any atom is -0.363 e. The SMILES string of the molecule is CCc1cc2c(c(CC)n1)C=CCN2Cc1ccc(Br)c(C)c1. The quantitative estimate of drug-likeness (QED) is 0.724. The molecule has 0 radical (unpaired) electrons. The zero-order chi connectivity index (χ0) is 16.4. The molecule has 0 aliphatic carbocycles. The third-order valence-corrected chi connectivity index (χ3v) is 5.30. The molecule has 0 unspecified atom stereocenters. The average molecular weight is 371 g/mol. The molecule has 1 aromatic heterocycles. The fourth-order valence-corrected chi connectivity index (χ4v) is 3.36. The second-order valence-corrected chi connectivity index (χ2v) is 6.92. The van der Waals surface area contributed by atoms with Gasteiger partial charge in [-0.05, 0) is 43.0 Å². The van der Waals surface area contributed by atoms with E-state index in [0.717, 1.165) is 25.9 Å². The van der Waals surface area contributed by atoms with Crippen molar-refractivity contribution in [1.82, 2.24) is 4.98 Å². The summed E-state index contributed by atoms with van der Waals surface area (Å²) in [6, 6.07) is 8.89. The van der Waals surface area contributed by atoms with E-state index in [1.807, 2.05) is 0 Å². The Kier molecular flexibility index (Phi) is 4.86. The van der Waals surface area contributed by atoms with Gasteiger partial charge in [-0.2, -0.15) is 0 Å². The first-order chi connectivity index (χ1) is 11.1. The van der Waals surface area contributed by atoms with E-state index < -0.39 is 0 Å². The molecule has 0 fully saturated rings. The van der Waals surface area contributed by atoms with E-state index in [2.05, 4.69) is 78.0 Å². The van der Waals surface area contributed by atoms with Crippen molar-refractivity contribution in [3.05, 3.63) is 62.9 Å². The summed E-state index contributed by atoms with van der Waals surface area (Å²) in [6.45, 7) is 8.40. The number of rotatable bonds is 4. The number of halogens is 1. The Morgan fingerprint density at radius 1 is 1.17 bits per heavy atom. The van der Waals surface area contributed by atoms with E-state index in [-0.39, 0.29) is 0 Å². The summed E-state index contributed by atoms with van der Waals surface area (Å²) in [7, 11) is 0. The summed E-state index contributed by atoms with van der Waals surface area (Å²) in [5, 5.41) is 0. The van der Waals surface area contributed by atoms with Gasteiger partial charge in [0.1, 0.15) is 0 Å². The van der Waals surface area contributed by atoms with Gasteiger partial charge in [0.25, 0.3) is 0 Å². The van der Waals surface area contributed by atoms with E-state index in [4.69, 9.17) is 4.98 Å². The predicted octanol–water partition coefficient (Wildman–Crippen LogP) is 5.31. The molecule has 0 bridgehead atoms. The molecular formula is C20H23BrN2. The Hall–Kier alpha value is -1.61. The number of fused-ring (bicyclic) bond motifs is 1. The monoisotopic (exact) mass is 370 g/mol. The van der Waals surface area contributed by atoms with Crippen molar-refractivity contribution in [1.29, 1.82) is 0 Å². The summed E-state index contributed by atoms with van der Waals surface area (Å²) >= 11 is 3.59. The normalized spacial score (nSPS) is 13.3. The summed E-state index contributed by atoms with van der Waals surface area (Å²) in [6.07, 6.45) is 6.45. The van der Waals surface area contributed by atoms with Crippen LogP contribution in [0.25, 0.3) is 6.08 Å². The van der Waals surface area contributed by atoms with Crippen molar-refractivity contribution in [2.75, 3.05) is 11.4 Å². The van der Waals surface area contributed by atoms with Gasteiger partial charge in [0, 0.05) is 40.2 Å². The second kappa shape index (κ2) is 6.88. The van der Waals surface area contributed by atoms with Gasteiger partial charge < -0.3 is 4.90 Å². The highest BCUT2D eigenvalue weighted by Gasteiger charge is 2.18. The van der Waals surface area contributed by atoms with Gasteiger partial charge in [-0.1, -0.05) is 54.1 Å². The average Bonchev–Trinajstić information content (AvgIpc) is 2.57. The Bertz CT molecular complexity index is 750. The molecule has 0 N–H and O–H groups in total. The lowest BCUT2D eigenvalue weighted by atomic mass is 10.0. The van der Waals surface area contributed by atoms with Crippen molar-refractivity contribution < 1.29 is 0 Å². The van der Waals surface area contributed by atoms with Crippen LogP contribution in [0.15, 0.2) is 34.8 Å². The Labute approximate surface area is 147 Å². The standard InChI is InChI=1S/C20H23BrN2/c1-4-16-12-20-17(19(5-2)22-16)7-6-10-23(20)13-15-8-9-18(21)14(3)11-15/h6-9,11-12H,4-5,10,13H2,1-3H3. The number of anilines is 1. The van der Waals surface area contributed by atoms with Crippen LogP contribution in [0, 0.1) is 6.92 Å². The highest BCUT2D eigenvalue weighted by Crippen LogP contribution is 2.31. The molecular weight excluding hydrogens is 348 g/mol. The summed E-state index contributed by atoms with van der Waals surface area (Å²) in [4.78, 5) is 7.26. The van der Waals surface area contributed by atoms with E-state index in [1.165, 1.54) is 38.2 Å². The molecule has 120 valence electrons. The Morgan fingerprint density at radius 3 is 2.70 bits per heavy atom. The minimum atomic E-state index is 0.932. The number of hydrogen-bond donors (Lipinski definition) is 0. The van der Waals surface area contributed by atoms with Gasteiger partial charge in [0.05, 0.1) is 0 Å². The van der Waals surface area contributed by atoms with Crippen LogP contribution < -0.4 is 4.90 Å². The maximum absolute atomic E-state index is 4.81. The van der Waals surface area contributed by atoms with Gasteiger partial charge >= 0.3 is 0 Å². The van der Waals surface area contributed by atoms with Crippen LogP contribution in [-0.2, 0) is 19.4 Å². The van der Waals surface area contributed by atoms with Crippen LogP contribution >= 0.6 is 15.9 Å². The van der Waals surface area contributed by atoms with Crippen LogP contribution in [0.2, 0.25) is 0 Å². The fraction of sp³-hybridized carbons (Fsp3) is 0.350. The molecule has 3 rings (SSSR count). The highest BCUT2D eigenvalue weighted by atomic mass is 79.9. The summed E-state index contributed by atoms with van der Waals surface area (Å²) < 4.78 is 1.17. The maximum atomic E-state index is 4.81. The second-order valence-electron chi connectivity index (χ2n) is 6.07. The lowest BCUT2D eigenvalue weighted by Gasteiger charge is -2.30. The molecule has 2 aromatic rings. The lowest BCUT2D eigenvalue weighted by Crippen LogP contribution is -2.26. The van der Waals surface area contributed by atoms with Crippen molar-refractivity contribution in [2.24, 2.45) is 0 Å². The third kappa shape index (κ3) is 3.35. The molecule has 23 heavy (non-hydrogen) atoms. The van der Waals surface area contributed by atoms with Gasteiger partial charge in [-0.3, -0.25) is 4.98 Å². The topological polar surface area (TPSA) is 16.1 Å². The van der Waals surface area contributed by atoms with E-state index in [1.54, 1.807) is 0 Å². The van der Waals surface area contributed by atoms with Crippen molar-refractivity contribution >= 4 is 27.7 Å². The Balaban J connectivity index is 1.97. The molecule has 1 aliphatic rings. The molecule has 0 saturated carbocycles. The molecule has 2 heterocycles. The number of aromatic nitrogens is 1. The molecule has 3 heteroatoms. The number of benzene rings is 1.